The van der Waals surface area contributed by atoms with Crippen LogP contribution in [0.25, 0.3) is 0 Å². The number of carboxylic acids is 1. The van der Waals surface area contributed by atoms with Crippen LogP contribution in [-0.4, -0.2) is 37.5 Å². The molecule has 0 amide bonds. The van der Waals surface area contributed by atoms with Gasteiger partial charge in [-0.3, -0.25) is 9.69 Å². The van der Waals surface area contributed by atoms with Crippen LogP contribution < -0.4 is 0 Å². The van der Waals surface area contributed by atoms with Crippen LogP contribution in [0, 0.1) is 6.92 Å². The summed E-state index contributed by atoms with van der Waals surface area (Å²) in [6.45, 7) is 3.04. The molecule has 6 nitrogen and oxygen atoms in total. The normalized spacial score (nSPS) is 10.9. The molecule has 6 heteroatoms. The maximum Gasteiger partial charge on any atom is 0.317 e. The van der Waals surface area contributed by atoms with E-state index in [0.717, 1.165) is 16.8 Å². The lowest BCUT2D eigenvalue weighted by molar-refractivity contribution is -0.138. The van der Waals surface area contributed by atoms with Crippen LogP contribution in [0.15, 0.2) is 30.5 Å². The van der Waals surface area contributed by atoms with Crippen molar-refractivity contribution >= 4 is 5.97 Å². The Labute approximate surface area is 117 Å². The molecule has 106 valence electrons. The van der Waals surface area contributed by atoms with Gasteiger partial charge in [0.2, 0.25) is 0 Å². The van der Waals surface area contributed by atoms with Gasteiger partial charge in [0.1, 0.15) is 0 Å². The summed E-state index contributed by atoms with van der Waals surface area (Å²) in [6.07, 6.45) is 1.66. The minimum atomic E-state index is -0.846. The SMILES string of the molecule is Cc1cccc(CN(CC(=O)O)Cc2cnn(C)n2)c1. The van der Waals surface area contributed by atoms with E-state index >= 15 is 0 Å². The lowest BCUT2D eigenvalue weighted by atomic mass is 10.1. The van der Waals surface area contributed by atoms with Crippen molar-refractivity contribution in [1.29, 1.82) is 0 Å². The fourth-order valence-corrected chi connectivity index (χ4v) is 2.12. The van der Waals surface area contributed by atoms with Gasteiger partial charge in [-0.15, -0.1) is 0 Å². The summed E-state index contributed by atoms with van der Waals surface area (Å²) in [5.74, 6) is -0.846. The standard InChI is InChI=1S/C14H18N4O2/c1-11-4-3-5-12(6-11)8-18(10-14(19)20)9-13-7-15-17(2)16-13/h3-7H,8-10H2,1-2H3,(H,19,20). The van der Waals surface area contributed by atoms with Gasteiger partial charge in [0.25, 0.3) is 0 Å². The topological polar surface area (TPSA) is 71.2 Å². The second-order valence-electron chi connectivity index (χ2n) is 4.85. The molecule has 1 heterocycles. The summed E-state index contributed by atoms with van der Waals surface area (Å²) in [5, 5.41) is 17.2. The Hall–Kier alpha value is -2.21. The van der Waals surface area contributed by atoms with Crippen molar-refractivity contribution in [3.63, 3.8) is 0 Å². The summed E-state index contributed by atoms with van der Waals surface area (Å²) in [7, 11) is 1.74. The summed E-state index contributed by atoms with van der Waals surface area (Å²) in [5.41, 5.74) is 3.02. The molecule has 0 saturated heterocycles. The molecule has 0 atom stereocenters. The van der Waals surface area contributed by atoms with Crippen molar-refractivity contribution in [2.75, 3.05) is 6.54 Å². The number of benzene rings is 1. The fraction of sp³-hybridized carbons (Fsp3) is 0.357. The monoisotopic (exact) mass is 274 g/mol. The molecular formula is C14H18N4O2. The minimum Gasteiger partial charge on any atom is -0.480 e. The largest absolute Gasteiger partial charge is 0.480 e. The van der Waals surface area contributed by atoms with Crippen LogP contribution >= 0.6 is 0 Å². The average molecular weight is 274 g/mol. The maximum absolute atomic E-state index is 11.0. The fourth-order valence-electron chi connectivity index (χ4n) is 2.12. The highest BCUT2D eigenvalue weighted by molar-refractivity contribution is 5.69. The van der Waals surface area contributed by atoms with Crippen molar-refractivity contribution < 1.29 is 9.90 Å². The second-order valence-corrected chi connectivity index (χ2v) is 4.85. The maximum atomic E-state index is 11.0. The van der Waals surface area contributed by atoms with E-state index in [-0.39, 0.29) is 6.54 Å². The molecule has 0 bridgehead atoms. The minimum absolute atomic E-state index is 0.0233. The molecule has 0 unspecified atom stereocenters. The third-order valence-corrected chi connectivity index (χ3v) is 2.88. The number of nitrogens with zero attached hydrogens (tertiary/aromatic N) is 4. The van der Waals surface area contributed by atoms with Crippen LogP contribution in [0.5, 0.6) is 0 Å². The quantitative estimate of drug-likeness (QED) is 0.857. The molecule has 1 N–H and O–H groups in total. The van der Waals surface area contributed by atoms with Gasteiger partial charge < -0.3 is 5.11 Å². The third-order valence-electron chi connectivity index (χ3n) is 2.88. The zero-order chi connectivity index (χ0) is 14.5. The molecular weight excluding hydrogens is 256 g/mol. The van der Waals surface area contributed by atoms with Crippen molar-refractivity contribution in [1.82, 2.24) is 19.9 Å². The zero-order valence-electron chi connectivity index (χ0n) is 11.7. The van der Waals surface area contributed by atoms with Crippen LogP contribution in [0.2, 0.25) is 0 Å². The zero-order valence-corrected chi connectivity index (χ0v) is 11.7. The predicted molar refractivity (Wildman–Crippen MR) is 73.9 cm³/mol. The summed E-state index contributed by atoms with van der Waals surface area (Å²) in [4.78, 5) is 14.3. The Morgan fingerprint density at radius 3 is 2.80 bits per heavy atom. The number of carboxylic acid groups (broad SMARTS) is 1. The van der Waals surface area contributed by atoms with Crippen LogP contribution in [0.4, 0.5) is 0 Å². The number of aromatic nitrogens is 3. The van der Waals surface area contributed by atoms with E-state index in [1.54, 1.807) is 13.2 Å². The van der Waals surface area contributed by atoms with E-state index in [2.05, 4.69) is 16.3 Å². The van der Waals surface area contributed by atoms with Crippen molar-refractivity contribution in [2.45, 2.75) is 20.0 Å². The molecule has 0 aliphatic carbocycles. The lowest BCUT2D eigenvalue weighted by Gasteiger charge is -2.19. The highest BCUT2D eigenvalue weighted by atomic mass is 16.4. The molecule has 0 aliphatic heterocycles. The van der Waals surface area contributed by atoms with Crippen molar-refractivity contribution in [2.24, 2.45) is 7.05 Å². The van der Waals surface area contributed by atoms with E-state index < -0.39 is 5.97 Å². The van der Waals surface area contributed by atoms with Crippen molar-refractivity contribution in [3.05, 3.63) is 47.3 Å². The van der Waals surface area contributed by atoms with Gasteiger partial charge in [0.15, 0.2) is 0 Å². The molecule has 0 fully saturated rings. The number of rotatable bonds is 6. The molecule has 20 heavy (non-hydrogen) atoms. The summed E-state index contributed by atoms with van der Waals surface area (Å²) in [6, 6.07) is 8.06. The van der Waals surface area contributed by atoms with E-state index in [9.17, 15) is 4.79 Å². The highest BCUT2D eigenvalue weighted by Crippen LogP contribution is 2.10. The Morgan fingerprint density at radius 2 is 2.20 bits per heavy atom. The predicted octanol–water partition coefficient (Wildman–Crippen LogP) is 1.21. The van der Waals surface area contributed by atoms with E-state index in [1.807, 2.05) is 30.0 Å². The molecule has 0 spiro atoms. The summed E-state index contributed by atoms with van der Waals surface area (Å²) >= 11 is 0. The number of carbonyl (C=O) groups is 1. The number of hydrogen-bond acceptors (Lipinski definition) is 4. The molecule has 1 aromatic heterocycles. The first-order valence-corrected chi connectivity index (χ1v) is 6.38. The Morgan fingerprint density at radius 1 is 1.40 bits per heavy atom. The van der Waals surface area contributed by atoms with Gasteiger partial charge >= 0.3 is 5.97 Å². The first kappa shape index (κ1) is 14.2. The molecule has 0 radical (unpaired) electrons. The van der Waals surface area contributed by atoms with Gasteiger partial charge in [-0.25, -0.2) is 0 Å². The first-order valence-electron chi connectivity index (χ1n) is 6.38. The van der Waals surface area contributed by atoms with Gasteiger partial charge in [-0.2, -0.15) is 15.0 Å². The van der Waals surface area contributed by atoms with Gasteiger partial charge in [0.05, 0.1) is 18.4 Å². The molecule has 0 saturated carbocycles. The highest BCUT2D eigenvalue weighted by Gasteiger charge is 2.13. The summed E-state index contributed by atoms with van der Waals surface area (Å²) < 4.78 is 0. The van der Waals surface area contributed by atoms with Crippen LogP contribution in [0.1, 0.15) is 16.8 Å². The Kier molecular flexibility index (Phi) is 4.47. The Bertz CT molecular complexity index is 594. The van der Waals surface area contributed by atoms with Crippen LogP contribution in [0.3, 0.4) is 0 Å². The smallest absolute Gasteiger partial charge is 0.317 e. The van der Waals surface area contributed by atoms with Gasteiger partial charge in [-0.05, 0) is 12.5 Å². The Balaban J connectivity index is 2.09. The number of aliphatic carboxylic acids is 1. The number of aryl methyl sites for hydroxylation is 2. The third kappa shape index (κ3) is 4.17. The van der Waals surface area contributed by atoms with Gasteiger partial charge in [0, 0.05) is 20.1 Å². The lowest BCUT2D eigenvalue weighted by Crippen LogP contribution is -2.29. The average Bonchev–Trinajstić information content (AvgIpc) is 2.73. The van der Waals surface area contributed by atoms with Crippen LogP contribution in [-0.2, 0) is 24.9 Å². The first-order chi connectivity index (χ1) is 9.52. The van der Waals surface area contributed by atoms with Gasteiger partial charge in [-0.1, -0.05) is 29.8 Å². The van der Waals surface area contributed by atoms with E-state index in [0.29, 0.717) is 13.1 Å². The second kappa shape index (κ2) is 6.29. The molecule has 2 aromatic rings. The van der Waals surface area contributed by atoms with E-state index in [4.69, 9.17) is 5.11 Å². The molecule has 2 rings (SSSR count). The molecule has 1 aromatic carbocycles. The number of hydrogen-bond donors (Lipinski definition) is 1. The van der Waals surface area contributed by atoms with E-state index in [1.165, 1.54) is 4.80 Å². The van der Waals surface area contributed by atoms with Crippen molar-refractivity contribution in [3.8, 4) is 0 Å². The molecule has 0 aliphatic rings.